The highest BCUT2D eigenvalue weighted by molar-refractivity contribution is 5.96. The number of fused-ring (bicyclic) bond motifs is 1. The molecule has 0 atom stereocenters. The van der Waals surface area contributed by atoms with Crippen molar-refractivity contribution < 1.29 is 19.0 Å². The normalized spacial score (nSPS) is 12.1. The van der Waals surface area contributed by atoms with Crippen molar-refractivity contribution in [2.45, 2.75) is 13.8 Å². The number of carboxylic acid groups (broad SMARTS) is 1. The van der Waals surface area contributed by atoms with Gasteiger partial charge in [-0.05, 0) is 12.0 Å². The van der Waals surface area contributed by atoms with Gasteiger partial charge in [0.25, 0.3) is 0 Å². The molecule has 2 N–H and O–H groups in total. The topological polar surface area (TPSA) is 88.1 Å². The lowest BCUT2D eigenvalue weighted by Crippen LogP contribution is -2.06. The van der Waals surface area contributed by atoms with Gasteiger partial charge < -0.3 is 14.8 Å². The largest absolute Gasteiger partial charge is 0.477 e. The number of carboxylic acids is 1. The SMILES string of the molecule is CC(C)COc1ncnc2[nH]cc(/C=C(\F)C(=O)O)c12. The summed E-state index contributed by atoms with van der Waals surface area (Å²) in [5.41, 5.74) is 0.794. The molecule has 0 unspecified atom stereocenters. The molecule has 0 aliphatic rings. The van der Waals surface area contributed by atoms with Crippen molar-refractivity contribution in [3.8, 4) is 5.88 Å². The zero-order valence-electron chi connectivity index (χ0n) is 11.1. The van der Waals surface area contributed by atoms with E-state index in [0.717, 1.165) is 6.08 Å². The zero-order valence-corrected chi connectivity index (χ0v) is 11.1. The van der Waals surface area contributed by atoms with Gasteiger partial charge in [-0.3, -0.25) is 0 Å². The van der Waals surface area contributed by atoms with Crippen LogP contribution in [0.15, 0.2) is 18.4 Å². The molecule has 7 heteroatoms. The number of halogens is 1. The molecule has 6 nitrogen and oxygen atoms in total. The Morgan fingerprint density at radius 3 is 2.95 bits per heavy atom. The molecular weight excluding hydrogens is 265 g/mol. The summed E-state index contributed by atoms with van der Waals surface area (Å²) in [5.74, 6) is -2.28. The monoisotopic (exact) mass is 279 g/mol. The minimum Gasteiger partial charge on any atom is -0.477 e. The Morgan fingerprint density at radius 1 is 1.55 bits per heavy atom. The van der Waals surface area contributed by atoms with E-state index >= 15 is 0 Å². The molecule has 2 rings (SSSR count). The van der Waals surface area contributed by atoms with Crippen molar-refractivity contribution in [3.05, 3.63) is 23.9 Å². The number of carbonyl (C=O) groups is 1. The van der Waals surface area contributed by atoms with Crippen molar-refractivity contribution in [1.29, 1.82) is 0 Å². The molecule has 0 radical (unpaired) electrons. The van der Waals surface area contributed by atoms with Crippen LogP contribution >= 0.6 is 0 Å². The second kappa shape index (κ2) is 5.68. The Morgan fingerprint density at radius 2 is 2.30 bits per heavy atom. The summed E-state index contributed by atoms with van der Waals surface area (Å²) in [4.78, 5) is 21.4. The first kappa shape index (κ1) is 14.0. The van der Waals surface area contributed by atoms with Crippen LogP contribution in [0.4, 0.5) is 4.39 Å². The number of H-pyrrole nitrogens is 1. The van der Waals surface area contributed by atoms with E-state index in [1.54, 1.807) is 0 Å². The van der Waals surface area contributed by atoms with E-state index in [-0.39, 0.29) is 0 Å². The summed E-state index contributed by atoms with van der Waals surface area (Å²) >= 11 is 0. The number of aromatic nitrogens is 3. The maximum atomic E-state index is 13.2. The standard InChI is InChI=1S/C13H14FN3O3/c1-7(2)5-20-12-10-8(3-9(14)13(18)19)4-15-11(10)16-6-17-12/h3-4,6-7H,5H2,1-2H3,(H,18,19)(H,15,16,17)/b9-3-. The molecule has 0 aliphatic carbocycles. The van der Waals surface area contributed by atoms with E-state index in [2.05, 4.69) is 15.0 Å². The van der Waals surface area contributed by atoms with Gasteiger partial charge in [-0.1, -0.05) is 13.8 Å². The molecule has 0 aromatic carbocycles. The Kier molecular flexibility index (Phi) is 3.97. The molecular formula is C13H14FN3O3. The highest BCUT2D eigenvalue weighted by Crippen LogP contribution is 2.27. The van der Waals surface area contributed by atoms with Crippen molar-refractivity contribution in [2.75, 3.05) is 6.61 Å². The van der Waals surface area contributed by atoms with E-state index in [1.165, 1.54) is 12.5 Å². The van der Waals surface area contributed by atoms with E-state index < -0.39 is 11.8 Å². The first-order chi connectivity index (χ1) is 9.49. The van der Waals surface area contributed by atoms with Crippen LogP contribution in [-0.2, 0) is 4.79 Å². The van der Waals surface area contributed by atoms with Crippen LogP contribution in [0.1, 0.15) is 19.4 Å². The smallest absolute Gasteiger partial charge is 0.364 e. The molecule has 2 aromatic rings. The summed E-state index contributed by atoms with van der Waals surface area (Å²) in [6.45, 7) is 4.42. The summed E-state index contributed by atoms with van der Waals surface area (Å²) in [5, 5.41) is 9.04. The number of rotatable bonds is 5. The molecule has 20 heavy (non-hydrogen) atoms. The van der Waals surface area contributed by atoms with Crippen molar-refractivity contribution in [2.24, 2.45) is 5.92 Å². The lowest BCUT2D eigenvalue weighted by Gasteiger charge is -2.08. The van der Waals surface area contributed by atoms with Crippen LogP contribution in [0, 0.1) is 5.92 Å². The number of nitrogens with one attached hydrogen (secondary N) is 1. The highest BCUT2D eigenvalue weighted by atomic mass is 19.1. The van der Waals surface area contributed by atoms with Crippen LogP contribution < -0.4 is 4.74 Å². The van der Waals surface area contributed by atoms with Crippen LogP contribution in [-0.4, -0.2) is 32.6 Å². The Hall–Kier alpha value is -2.44. The van der Waals surface area contributed by atoms with Gasteiger partial charge in [-0.25, -0.2) is 14.8 Å². The second-order valence-electron chi connectivity index (χ2n) is 4.65. The number of hydrogen-bond donors (Lipinski definition) is 2. The summed E-state index contributed by atoms with van der Waals surface area (Å²) in [6.07, 6.45) is 3.70. The second-order valence-corrected chi connectivity index (χ2v) is 4.65. The lowest BCUT2D eigenvalue weighted by molar-refractivity contribution is -0.134. The van der Waals surface area contributed by atoms with Gasteiger partial charge in [-0.2, -0.15) is 4.39 Å². The molecule has 0 bridgehead atoms. The molecule has 2 heterocycles. The molecule has 0 saturated heterocycles. The molecule has 2 aromatic heterocycles. The van der Waals surface area contributed by atoms with E-state index in [4.69, 9.17) is 9.84 Å². The minimum atomic E-state index is -1.62. The average Bonchev–Trinajstić information content (AvgIpc) is 2.80. The Balaban J connectivity index is 2.46. The molecule has 0 amide bonds. The predicted octanol–water partition coefficient (Wildman–Crippen LogP) is 2.39. The molecule has 106 valence electrons. The van der Waals surface area contributed by atoms with Crippen LogP contribution in [0.25, 0.3) is 17.1 Å². The quantitative estimate of drug-likeness (QED) is 0.820. The third-order valence-electron chi connectivity index (χ3n) is 2.51. The number of aliphatic carboxylic acids is 1. The van der Waals surface area contributed by atoms with Crippen molar-refractivity contribution in [1.82, 2.24) is 15.0 Å². The Bertz CT molecular complexity index is 664. The third kappa shape index (κ3) is 2.93. The van der Waals surface area contributed by atoms with E-state index in [9.17, 15) is 9.18 Å². The fourth-order valence-electron chi connectivity index (χ4n) is 1.62. The van der Waals surface area contributed by atoms with Gasteiger partial charge in [-0.15, -0.1) is 0 Å². The number of aromatic amines is 1. The fraction of sp³-hybridized carbons (Fsp3) is 0.308. The number of hydrogen-bond acceptors (Lipinski definition) is 4. The van der Waals surface area contributed by atoms with Gasteiger partial charge in [0.15, 0.2) is 0 Å². The number of nitrogens with zero attached hydrogens (tertiary/aromatic N) is 2. The van der Waals surface area contributed by atoms with Crippen molar-refractivity contribution in [3.63, 3.8) is 0 Å². The van der Waals surface area contributed by atoms with Gasteiger partial charge >= 0.3 is 5.97 Å². The van der Waals surface area contributed by atoms with Gasteiger partial charge in [0.1, 0.15) is 12.0 Å². The first-order valence-electron chi connectivity index (χ1n) is 6.04. The molecule has 0 fully saturated rings. The molecule has 0 aliphatic heterocycles. The van der Waals surface area contributed by atoms with Crippen LogP contribution in [0.3, 0.4) is 0 Å². The van der Waals surface area contributed by atoms with Crippen LogP contribution in [0.5, 0.6) is 5.88 Å². The van der Waals surface area contributed by atoms with Crippen molar-refractivity contribution >= 4 is 23.1 Å². The van der Waals surface area contributed by atoms with E-state index in [1.807, 2.05) is 13.8 Å². The van der Waals surface area contributed by atoms with E-state index in [0.29, 0.717) is 35.0 Å². The Labute approximate surface area is 114 Å². The molecule has 0 saturated carbocycles. The van der Waals surface area contributed by atoms with Gasteiger partial charge in [0, 0.05) is 11.8 Å². The fourth-order valence-corrected chi connectivity index (χ4v) is 1.62. The van der Waals surface area contributed by atoms with Crippen LogP contribution in [0.2, 0.25) is 0 Å². The highest BCUT2D eigenvalue weighted by Gasteiger charge is 2.14. The van der Waals surface area contributed by atoms with Gasteiger partial charge in [0.05, 0.1) is 12.0 Å². The molecule has 0 spiro atoms. The average molecular weight is 279 g/mol. The third-order valence-corrected chi connectivity index (χ3v) is 2.51. The maximum absolute atomic E-state index is 13.2. The first-order valence-corrected chi connectivity index (χ1v) is 6.04. The summed E-state index contributed by atoms with van der Waals surface area (Å²) in [7, 11) is 0. The number of ether oxygens (including phenoxy) is 1. The minimum absolute atomic E-state index is 0.300. The lowest BCUT2D eigenvalue weighted by atomic mass is 10.2. The predicted molar refractivity (Wildman–Crippen MR) is 70.9 cm³/mol. The zero-order chi connectivity index (χ0) is 14.7. The summed E-state index contributed by atoms with van der Waals surface area (Å²) < 4.78 is 18.8. The van der Waals surface area contributed by atoms with Gasteiger partial charge in [0.2, 0.25) is 11.7 Å². The maximum Gasteiger partial charge on any atom is 0.364 e. The summed E-state index contributed by atoms with van der Waals surface area (Å²) in [6, 6.07) is 0.